The summed E-state index contributed by atoms with van der Waals surface area (Å²) in [6.07, 6.45) is 4.80. The molecule has 7 nitrogen and oxygen atoms in total. The number of nitrogens with one attached hydrogen (secondary N) is 1. The molecule has 1 fully saturated rings. The topological polar surface area (TPSA) is 80.8 Å². The molecule has 4 rings (SSSR count). The fraction of sp³-hybridized carbons (Fsp3) is 0.522. The number of hydrogen-bond acceptors (Lipinski definition) is 6. The van der Waals surface area contributed by atoms with E-state index in [1.807, 2.05) is 23.1 Å². The molecule has 0 radical (unpaired) electrons. The van der Waals surface area contributed by atoms with Gasteiger partial charge in [-0.2, -0.15) is 0 Å². The van der Waals surface area contributed by atoms with Crippen molar-refractivity contribution in [2.75, 3.05) is 39.5 Å². The van der Waals surface area contributed by atoms with Crippen molar-refractivity contribution in [3.8, 4) is 5.75 Å². The number of nitrogens with zero attached hydrogens (tertiary/aromatic N) is 2. The molecule has 31 heavy (non-hydrogen) atoms. The van der Waals surface area contributed by atoms with Crippen LogP contribution in [-0.2, 0) is 4.74 Å². The summed E-state index contributed by atoms with van der Waals surface area (Å²) in [7, 11) is 0. The van der Waals surface area contributed by atoms with Crippen LogP contribution in [0.3, 0.4) is 0 Å². The minimum Gasteiger partial charge on any atom is -0.492 e. The van der Waals surface area contributed by atoms with Crippen LogP contribution in [0.4, 0.5) is 0 Å². The summed E-state index contributed by atoms with van der Waals surface area (Å²) in [6.45, 7) is 3.61. The van der Waals surface area contributed by atoms with Crippen LogP contribution in [0.2, 0.25) is 0 Å². The monoisotopic (exact) mass is 443 g/mol. The zero-order valence-electron chi connectivity index (χ0n) is 17.7. The second kappa shape index (κ2) is 10.2. The van der Waals surface area contributed by atoms with Crippen molar-refractivity contribution in [3.05, 3.63) is 46.4 Å². The van der Waals surface area contributed by atoms with E-state index in [0.717, 1.165) is 32.1 Å². The van der Waals surface area contributed by atoms with Crippen molar-refractivity contribution in [2.24, 2.45) is 5.41 Å². The Balaban J connectivity index is 1.47. The summed E-state index contributed by atoms with van der Waals surface area (Å²) in [6, 6.07) is 7.38. The van der Waals surface area contributed by atoms with Gasteiger partial charge in [0.2, 0.25) is 0 Å². The maximum atomic E-state index is 12.7. The van der Waals surface area contributed by atoms with E-state index in [9.17, 15) is 9.59 Å². The van der Waals surface area contributed by atoms with Crippen LogP contribution in [0.15, 0.2) is 35.2 Å². The van der Waals surface area contributed by atoms with Gasteiger partial charge in [-0.15, -0.1) is 11.3 Å². The van der Waals surface area contributed by atoms with Gasteiger partial charge in [0.25, 0.3) is 11.8 Å². The quantitative estimate of drug-likeness (QED) is 0.731. The fourth-order valence-electron chi connectivity index (χ4n) is 4.28. The summed E-state index contributed by atoms with van der Waals surface area (Å²) >= 11 is 1.44. The molecule has 1 aromatic heterocycles. The predicted octanol–water partition coefficient (Wildman–Crippen LogP) is 3.37. The second-order valence-electron chi connectivity index (χ2n) is 8.28. The zero-order valence-corrected chi connectivity index (χ0v) is 18.5. The molecule has 0 unspecified atom stereocenters. The number of rotatable bonds is 1. The third-order valence-electron chi connectivity index (χ3n) is 6.21. The Hall–Kier alpha value is -2.45. The van der Waals surface area contributed by atoms with Crippen LogP contribution in [0.25, 0.3) is 0 Å². The van der Waals surface area contributed by atoms with E-state index in [2.05, 4.69) is 10.3 Å². The molecule has 2 amide bonds. The zero-order chi connectivity index (χ0) is 21.5. The number of para-hydroxylation sites is 1. The van der Waals surface area contributed by atoms with Crippen molar-refractivity contribution < 1.29 is 19.1 Å². The second-order valence-corrected chi connectivity index (χ2v) is 8.99. The molecule has 166 valence electrons. The van der Waals surface area contributed by atoms with Gasteiger partial charge >= 0.3 is 0 Å². The van der Waals surface area contributed by atoms with Crippen molar-refractivity contribution in [1.29, 1.82) is 0 Å². The number of amides is 2. The lowest BCUT2D eigenvalue weighted by molar-refractivity contribution is 0.0338. The first-order valence-electron chi connectivity index (χ1n) is 10.9. The predicted molar refractivity (Wildman–Crippen MR) is 119 cm³/mol. The molecule has 1 aromatic carbocycles. The van der Waals surface area contributed by atoms with E-state index in [1.54, 1.807) is 17.0 Å². The van der Waals surface area contributed by atoms with Crippen molar-refractivity contribution in [3.63, 3.8) is 0 Å². The minimum absolute atomic E-state index is 0.00771. The number of piperidine rings is 1. The highest BCUT2D eigenvalue weighted by Crippen LogP contribution is 2.38. The molecule has 2 aliphatic rings. The molecule has 0 bridgehead atoms. The molecule has 1 saturated heterocycles. The number of likely N-dealkylation sites (tertiary alicyclic amines) is 1. The average molecular weight is 444 g/mol. The molecule has 1 spiro atoms. The molecular formula is C23H29N3O4S. The van der Waals surface area contributed by atoms with Gasteiger partial charge in [-0.05, 0) is 37.8 Å². The first-order valence-corrected chi connectivity index (χ1v) is 11.9. The maximum absolute atomic E-state index is 12.7. The van der Waals surface area contributed by atoms with Crippen LogP contribution in [0.1, 0.15) is 53.0 Å². The Bertz CT molecular complexity index is 879. The van der Waals surface area contributed by atoms with E-state index in [1.165, 1.54) is 11.3 Å². The van der Waals surface area contributed by atoms with Gasteiger partial charge in [-0.25, -0.2) is 4.98 Å². The van der Waals surface area contributed by atoms with Crippen molar-refractivity contribution >= 4 is 23.2 Å². The Morgan fingerprint density at radius 2 is 1.97 bits per heavy atom. The molecular weight excluding hydrogens is 414 g/mol. The van der Waals surface area contributed by atoms with Crippen LogP contribution in [-0.4, -0.2) is 61.2 Å². The van der Waals surface area contributed by atoms with Crippen LogP contribution >= 0.6 is 11.3 Å². The van der Waals surface area contributed by atoms with Gasteiger partial charge in [0.1, 0.15) is 11.4 Å². The lowest BCUT2D eigenvalue weighted by Crippen LogP contribution is -2.45. The van der Waals surface area contributed by atoms with E-state index in [-0.39, 0.29) is 17.2 Å². The number of fused-ring (bicyclic) bond motifs is 1. The molecule has 0 aliphatic carbocycles. The number of ether oxygens (including phenoxy) is 2. The lowest BCUT2D eigenvalue weighted by Gasteiger charge is -2.41. The number of aromatic nitrogens is 1. The standard InChI is InChI=1S/C23H29N3O4S/c27-21-18-5-1-2-6-20(18)30-16-23(7-3-4-13-29-14-10-24-21)8-11-26(12-9-23)22(28)19-15-31-17-25-19/h1-2,5-6,15,17H,3-4,7-14,16H2,(H,24,27). The number of hydrogen-bond donors (Lipinski definition) is 1. The van der Waals surface area contributed by atoms with Crippen LogP contribution in [0.5, 0.6) is 5.75 Å². The highest BCUT2D eigenvalue weighted by atomic mass is 32.1. The minimum atomic E-state index is -0.144. The van der Waals surface area contributed by atoms with Crippen molar-refractivity contribution in [1.82, 2.24) is 15.2 Å². The van der Waals surface area contributed by atoms with E-state index < -0.39 is 0 Å². The van der Waals surface area contributed by atoms with Crippen molar-refractivity contribution in [2.45, 2.75) is 32.1 Å². The van der Waals surface area contributed by atoms with Gasteiger partial charge in [-0.3, -0.25) is 9.59 Å². The van der Waals surface area contributed by atoms with Gasteiger partial charge in [-0.1, -0.05) is 18.6 Å². The Labute approximate surface area is 186 Å². The summed E-state index contributed by atoms with van der Waals surface area (Å²) in [4.78, 5) is 31.3. The van der Waals surface area contributed by atoms with E-state index >= 15 is 0 Å². The number of benzene rings is 1. The van der Waals surface area contributed by atoms with E-state index in [0.29, 0.717) is 56.5 Å². The largest absolute Gasteiger partial charge is 0.492 e. The Morgan fingerprint density at radius 3 is 2.77 bits per heavy atom. The van der Waals surface area contributed by atoms with Gasteiger partial charge < -0.3 is 19.7 Å². The maximum Gasteiger partial charge on any atom is 0.273 e. The molecule has 1 N–H and O–H groups in total. The molecule has 0 saturated carbocycles. The SMILES string of the molecule is O=C1NCCOCCCCC2(CCN(C(=O)c3cscn3)CC2)COc2ccccc21. The number of carbonyl (C=O) groups excluding carboxylic acids is 2. The summed E-state index contributed by atoms with van der Waals surface area (Å²) in [5.74, 6) is 0.473. The third kappa shape index (κ3) is 5.43. The molecule has 2 aromatic rings. The summed E-state index contributed by atoms with van der Waals surface area (Å²) in [5, 5.41) is 4.71. The first-order chi connectivity index (χ1) is 15.2. The van der Waals surface area contributed by atoms with Gasteiger partial charge in [0.15, 0.2) is 0 Å². The third-order valence-corrected chi connectivity index (χ3v) is 6.79. The molecule has 8 heteroatoms. The Kier molecular flexibility index (Phi) is 7.19. The van der Waals surface area contributed by atoms with Crippen LogP contribution < -0.4 is 10.1 Å². The Morgan fingerprint density at radius 1 is 1.13 bits per heavy atom. The normalized spacial score (nSPS) is 20.3. The molecule has 2 aliphatic heterocycles. The first kappa shape index (κ1) is 21.8. The van der Waals surface area contributed by atoms with Crippen LogP contribution in [0, 0.1) is 5.41 Å². The highest BCUT2D eigenvalue weighted by molar-refractivity contribution is 7.07. The summed E-state index contributed by atoms with van der Waals surface area (Å²) in [5.41, 5.74) is 2.75. The molecule has 0 atom stereocenters. The lowest BCUT2D eigenvalue weighted by atomic mass is 9.75. The smallest absolute Gasteiger partial charge is 0.273 e. The summed E-state index contributed by atoms with van der Waals surface area (Å²) < 4.78 is 11.9. The number of carbonyl (C=O) groups is 2. The number of thiazole rings is 1. The average Bonchev–Trinajstić information content (AvgIpc) is 3.34. The van der Waals surface area contributed by atoms with Gasteiger partial charge in [0.05, 0.1) is 24.3 Å². The fourth-order valence-corrected chi connectivity index (χ4v) is 4.81. The van der Waals surface area contributed by atoms with Gasteiger partial charge in [0, 0.05) is 37.0 Å². The van der Waals surface area contributed by atoms with E-state index in [4.69, 9.17) is 9.47 Å². The highest BCUT2D eigenvalue weighted by Gasteiger charge is 2.37. The molecule has 3 heterocycles.